The average Bonchev–Trinajstić information content (AvgIpc) is 2.41. The van der Waals surface area contributed by atoms with Crippen LogP contribution in [0.1, 0.15) is 32.1 Å². The number of nitrogens with two attached hydrogens (primary N) is 1. The van der Waals surface area contributed by atoms with Crippen LogP contribution in [0.5, 0.6) is 0 Å². The highest BCUT2D eigenvalue weighted by atomic mass is 16.5. The monoisotopic (exact) mass is 266 g/mol. The molecule has 19 heavy (non-hydrogen) atoms. The topological polar surface area (TPSA) is 93.0 Å². The van der Waals surface area contributed by atoms with Crippen molar-refractivity contribution < 1.29 is 4.74 Å². The normalized spacial score (nSPS) is 23.2. The number of aromatic nitrogens is 2. The van der Waals surface area contributed by atoms with Gasteiger partial charge in [-0.2, -0.15) is 0 Å². The average molecular weight is 266 g/mol. The first-order valence-electron chi connectivity index (χ1n) is 6.90. The third-order valence-electron chi connectivity index (χ3n) is 3.38. The van der Waals surface area contributed by atoms with Gasteiger partial charge in [-0.05, 0) is 32.1 Å². The highest BCUT2D eigenvalue weighted by Crippen LogP contribution is 2.19. The van der Waals surface area contributed by atoms with Crippen molar-refractivity contribution in [3.05, 3.63) is 22.7 Å². The lowest BCUT2D eigenvalue weighted by atomic mass is 9.94. The van der Waals surface area contributed by atoms with Gasteiger partial charge in [-0.25, -0.2) is 4.98 Å². The molecule has 4 N–H and O–H groups in total. The molecule has 6 nitrogen and oxygen atoms in total. The molecule has 1 fully saturated rings. The second-order valence-corrected chi connectivity index (χ2v) is 4.98. The number of aromatic amines is 1. The summed E-state index contributed by atoms with van der Waals surface area (Å²) < 4.78 is 5.81. The number of H-pyrrole nitrogens is 1. The number of rotatable bonds is 6. The first kappa shape index (κ1) is 14.0. The standard InChI is InChI=1S/C13H22N4O2/c14-10-2-4-11(5-3-10)19-7-1-6-15-12-8-13(18)17-9-16-12/h8-11H,1-7,14H2,(H2,15,16,17,18). The Kier molecular flexibility index (Phi) is 5.35. The van der Waals surface area contributed by atoms with Crippen LogP contribution in [0.3, 0.4) is 0 Å². The lowest BCUT2D eigenvalue weighted by molar-refractivity contribution is 0.0251. The van der Waals surface area contributed by atoms with Crippen LogP contribution in [0.25, 0.3) is 0 Å². The lowest BCUT2D eigenvalue weighted by Gasteiger charge is -2.26. The van der Waals surface area contributed by atoms with Crippen LogP contribution >= 0.6 is 0 Å². The summed E-state index contributed by atoms with van der Waals surface area (Å²) in [6.45, 7) is 1.48. The zero-order chi connectivity index (χ0) is 13.5. The summed E-state index contributed by atoms with van der Waals surface area (Å²) >= 11 is 0. The molecule has 1 heterocycles. The SMILES string of the molecule is NC1CCC(OCCCNc2cc(=O)[nH]cn2)CC1. The van der Waals surface area contributed by atoms with Gasteiger partial charge in [0.2, 0.25) is 0 Å². The van der Waals surface area contributed by atoms with Gasteiger partial charge >= 0.3 is 0 Å². The fourth-order valence-electron chi connectivity index (χ4n) is 2.26. The number of hydrogen-bond acceptors (Lipinski definition) is 5. The molecular weight excluding hydrogens is 244 g/mol. The first-order valence-corrected chi connectivity index (χ1v) is 6.90. The summed E-state index contributed by atoms with van der Waals surface area (Å²) in [7, 11) is 0. The van der Waals surface area contributed by atoms with Gasteiger partial charge in [0.05, 0.1) is 12.4 Å². The zero-order valence-corrected chi connectivity index (χ0v) is 11.1. The molecule has 1 aliphatic rings. The molecule has 0 aromatic carbocycles. The molecule has 0 amide bonds. The fourth-order valence-corrected chi connectivity index (χ4v) is 2.26. The van der Waals surface area contributed by atoms with Crippen LogP contribution in [0, 0.1) is 0 Å². The van der Waals surface area contributed by atoms with Crippen LogP contribution < -0.4 is 16.6 Å². The van der Waals surface area contributed by atoms with Crippen molar-refractivity contribution in [1.29, 1.82) is 0 Å². The van der Waals surface area contributed by atoms with Crippen LogP contribution in [0.4, 0.5) is 5.82 Å². The zero-order valence-electron chi connectivity index (χ0n) is 11.1. The van der Waals surface area contributed by atoms with E-state index in [2.05, 4.69) is 15.3 Å². The van der Waals surface area contributed by atoms with Crippen LogP contribution in [0.2, 0.25) is 0 Å². The van der Waals surface area contributed by atoms with E-state index >= 15 is 0 Å². The molecular formula is C13H22N4O2. The lowest BCUT2D eigenvalue weighted by Crippen LogP contribution is -2.30. The van der Waals surface area contributed by atoms with Crippen LogP contribution in [-0.4, -0.2) is 35.3 Å². The van der Waals surface area contributed by atoms with Crippen molar-refractivity contribution in [3.63, 3.8) is 0 Å². The number of hydrogen-bond donors (Lipinski definition) is 3. The molecule has 0 radical (unpaired) electrons. The summed E-state index contributed by atoms with van der Waals surface area (Å²) in [6.07, 6.45) is 6.95. The van der Waals surface area contributed by atoms with E-state index in [4.69, 9.17) is 10.5 Å². The summed E-state index contributed by atoms with van der Waals surface area (Å²) in [5, 5.41) is 3.10. The maximum Gasteiger partial charge on any atom is 0.252 e. The minimum absolute atomic E-state index is 0.146. The Bertz CT molecular complexity index is 427. The van der Waals surface area contributed by atoms with Gasteiger partial charge in [0, 0.05) is 25.3 Å². The van der Waals surface area contributed by atoms with Crippen molar-refractivity contribution in [3.8, 4) is 0 Å². The van der Waals surface area contributed by atoms with Crippen LogP contribution in [-0.2, 0) is 4.74 Å². The van der Waals surface area contributed by atoms with Gasteiger partial charge in [0.1, 0.15) is 5.82 Å². The van der Waals surface area contributed by atoms with Crippen molar-refractivity contribution in [2.24, 2.45) is 5.73 Å². The van der Waals surface area contributed by atoms with Gasteiger partial charge in [-0.1, -0.05) is 0 Å². The molecule has 1 aromatic heterocycles. The molecule has 0 saturated heterocycles. The first-order chi connectivity index (χ1) is 9.24. The van der Waals surface area contributed by atoms with Gasteiger partial charge in [0.25, 0.3) is 5.56 Å². The molecule has 0 aliphatic heterocycles. The predicted molar refractivity (Wildman–Crippen MR) is 74.1 cm³/mol. The Morgan fingerprint density at radius 2 is 2.21 bits per heavy atom. The number of ether oxygens (including phenoxy) is 1. The largest absolute Gasteiger partial charge is 0.378 e. The van der Waals surface area contributed by atoms with Gasteiger partial charge < -0.3 is 20.8 Å². The van der Waals surface area contributed by atoms with E-state index in [1.54, 1.807) is 0 Å². The third-order valence-corrected chi connectivity index (χ3v) is 3.38. The Hall–Kier alpha value is -1.40. The summed E-state index contributed by atoms with van der Waals surface area (Å²) in [4.78, 5) is 17.5. The quantitative estimate of drug-likeness (QED) is 0.664. The fraction of sp³-hybridized carbons (Fsp3) is 0.692. The van der Waals surface area contributed by atoms with E-state index in [1.165, 1.54) is 12.4 Å². The highest BCUT2D eigenvalue weighted by Gasteiger charge is 2.18. The van der Waals surface area contributed by atoms with Crippen molar-refractivity contribution in [2.45, 2.75) is 44.2 Å². The molecule has 0 spiro atoms. The molecule has 0 unspecified atom stereocenters. The minimum atomic E-state index is -0.146. The predicted octanol–water partition coefficient (Wildman–Crippen LogP) is 0.858. The Balaban J connectivity index is 1.56. The van der Waals surface area contributed by atoms with Gasteiger partial charge in [-0.3, -0.25) is 4.79 Å². The maximum atomic E-state index is 11.0. The molecule has 1 aromatic rings. The van der Waals surface area contributed by atoms with E-state index in [9.17, 15) is 4.79 Å². The van der Waals surface area contributed by atoms with Crippen molar-refractivity contribution >= 4 is 5.82 Å². The smallest absolute Gasteiger partial charge is 0.252 e. The second kappa shape index (κ2) is 7.25. The Labute approximate surface area is 112 Å². The molecule has 1 aliphatic carbocycles. The summed E-state index contributed by atoms with van der Waals surface area (Å²) in [5.74, 6) is 0.604. The molecule has 2 rings (SSSR count). The molecule has 0 atom stereocenters. The third kappa shape index (κ3) is 5.00. The van der Waals surface area contributed by atoms with Gasteiger partial charge in [-0.15, -0.1) is 0 Å². The number of nitrogens with zero attached hydrogens (tertiary/aromatic N) is 1. The van der Waals surface area contributed by atoms with Crippen LogP contribution in [0.15, 0.2) is 17.2 Å². The summed E-state index contributed by atoms with van der Waals surface area (Å²) in [6, 6.07) is 1.81. The van der Waals surface area contributed by atoms with E-state index in [-0.39, 0.29) is 5.56 Å². The van der Waals surface area contributed by atoms with Gasteiger partial charge in [0.15, 0.2) is 0 Å². The minimum Gasteiger partial charge on any atom is -0.378 e. The molecule has 6 heteroatoms. The molecule has 106 valence electrons. The Morgan fingerprint density at radius 1 is 1.42 bits per heavy atom. The molecule has 0 bridgehead atoms. The van der Waals surface area contributed by atoms with E-state index < -0.39 is 0 Å². The maximum absolute atomic E-state index is 11.0. The molecule has 1 saturated carbocycles. The van der Waals surface area contributed by atoms with E-state index in [0.717, 1.165) is 45.3 Å². The van der Waals surface area contributed by atoms with E-state index in [0.29, 0.717) is 18.0 Å². The van der Waals surface area contributed by atoms with E-state index in [1.807, 2.05) is 0 Å². The Morgan fingerprint density at radius 3 is 2.95 bits per heavy atom. The number of nitrogens with one attached hydrogen (secondary N) is 2. The second-order valence-electron chi connectivity index (χ2n) is 4.98. The van der Waals surface area contributed by atoms with Crippen molar-refractivity contribution in [2.75, 3.05) is 18.5 Å². The van der Waals surface area contributed by atoms with Crippen molar-refractivity contribution in [1.82, 2.24) is 9.97 Å². The summed E-state index contributed by atoms with van der Waals surface area (Å²) in [5.41, 5.74) is 5.70. The number of anilines is 1. The highest BCUT2D eigenvalue weighted by molar-refractivity contribution is 5.31.